The van der Waals surface area contributed by atoms with E-state index in [1.165, 1.54) is 19.3 Å². The highest BCUT2D eigenvalue weighted by Gasteiger charge is 2.09. The van der Waals surface area contributed by atoms with Crippen LogP contribution in [0.2, 0.25) is 5.02 Å². The Morgan fingerprint density at radius 2 is 2.13 bits per heavy atom. The minimum atomic E-state index is -0.0383. The molecule has 4 heteroatoms. The van der Waals surface area contributed by atoms with Crippen LogP contribution in [0.3, 0.4) is 0 Å². The zero-order valence-electron chi connectivity index (χ0n) is 8.50. The van der Waals surface area contributed by atoms with Gasteiger partial charge in [-0.25, -0.2) is 0 Å². The molecular formula is C11H12ClNO2. The molecule has 80 valence electrons. The van der Waals surface area contributed by atoms with Crippen molar-refractivity contribution < 1.29 is 9.59 Å². The molecule has 0 N–H and O–H groups in total. The third-order valence-electron chi connectivity index (χ3n) is 2.01. The number of Topliss-reactive ketones (excluding diaryl/α,β-unsaturated/α-hetero) is 2. The Bertz CT molecular complexity index is 377. The van der Waals surface area contributed by atoms with E-state index in [-0.39, 0.29) is 11.6 Å². The molecule has 0 atom stereocenters. The molecule has 0 bridgehead atoms. The molecule has 1 heterocycles. The number of nitrogens with zero attached hydrogens (tertiary/aromatic N) is 1. The summed E-state index contributed by atoms with van der Waals surface area (Å²) in [5.41, 5.74) is 0.482. The summed E-state index contributed by atoms with van der Waals surface area (Å²) in [6.07, 6.45) is 4.34. The Hall–Kier alpha value is -1.22. The van der Waals surface area contributed by atoms with Crippen LogP contribution in [0.4, 0.5) is 0 Å². The molecule has 0 aliphatic carbocycles. The lowest BCUT2D eigenvalue weighted by atomic mass is 10.1. The molecule has 0 spiro atoms. The second-order valence-electron chi connectivity index (χ2n) is 3.33. The zero-order valence-corrected chi connectivity index (χ0v) is 9.25. The number of ketones is 2. The maximum absolute atomic E-state index is 11.6. The maximum Gasteiger partial charge on any atom is 0.164 e. The molecule has 1 aromatic heterocycles. The molecule has 1 aromatic rings. The van der Waals surface area contributed by atoms with E-state index >= 15 is 0 Å². The lowest BCUT2D eigenvalue weighted by molar-refractivity contribution is -0.117. The molecule has 0 radical (unpaired) electrons. The van der Waals surface area contributed by atoms with E-state index in [9.17, 15) is 9.59 Å². The van der Waals surface area contributed by atoms with Crippen LogP contribution in [0.25, 0.3) is 0 Å². The van der Waals surface area contributed by atoms with Crippen molar-refractivity contribution >= 4 is 23.2 Å². The van der Waals surface area contributed by atoms with E-state index < -0.39 is 0 Å². The van der Waals surface area contributed by atoms with E-state index in [1.807, 2.05) is 0 Å². The van der Waals surface area contributed by atoms with E-state index in [4.69, 9.17) is 11.6 Å². The summed E-state index contributed by atoms with van der Waals surface area (Å²) < 4.78 is 0. The molecule has 0 fully saturated rings. The first-order valence-corrected chi connectivity index (χ1v) is 5.11. The number of aromatic nitrogens is 1. The van der Waals surface area contributed by atoms with Gasteiger partial charge in [-0.2, -0.15) is 0 Å². The highest BCUT2D eigenvalue weighted by molar-refractivity contribution is 6.33. The lowest BCUT2D eigenvalue weighted by Crippen LogP contribution is -2.01. The first kappa shape index (κ1) is 11.9. The third kappa shape index (κ3) is 3.80. The Labute approximate surface area is 93.5 Å². The maximum atomic E-state index is 11.6. The molecular weight excluding hydrogens is 214 g/mol. The van der Waals surface area contributed by atoms with Gasteiger partial charge in [0, 0.05) is 30.8 Å². The number of hydrogen-bond acceptors (Lipinski definition) is 3. The van der Waals surface area contributed by atoms with Crippen molar-refractivity contribution in [3.8, 4) is 0 Å². The number of pyridine rings is 1. The topological polar surface area (TPSA) is 47.0 Å². The summed E-state index contributed by atoms with van der Waals surface area (Å²) in [7, 11) is 0. The van der Waals surface area contributed by atoms with Gasteiger partial charge < -0.3 is 4.79 Å². The molecule has 0 aliphatic rings. The fourth-order valence-corrected chi connectivity index (χ4v) is 1.46. The van der Waals surface area contributed by atoms with E-state index in [0.717, 1.165) is 0 Å². The molecule has 15 heavy (non-hydrogen) atoms. The Kier molecular flexibility index (Phi) is 4.43. The van der Waals surface area contributed by atoms with E-state index in [2.05, 4.69) is 4.98 Å². The van der Waals surface area contributed by atoms with E-state index in [1.54, 1.807) is 6.07 Å². The van der Waals surface area contributed by atoms with Gasteiger partial charge in [-0.1, -0.05) is 11.6 Å². The highest BCUT2D eigenvalue weighted by Crippen LogP contribution is 2.16. The first-order valence-electron chi connectivity index (χ1n) is 4.73. The SMILES string of the molecule is CC(=O)CCCC(=O)c1ccncc1Cl. The minimum Gasteiger partial charge on any atom is -0.300 e. The predicted molar refractivity (Wildman–Crippen MR) is 58.1 cm³/mol. The molecule has 3 nitrogen and oxygen atoms in total. The molecule has 0 amide bonds. The van der Waals surface area contributed by atoms with Crippen molar-refractivity contribution in [1.82, 2.24) is 4.98 Å². The van der Waals surface area contributed by atoms with Crippen molar-refractivity contribution in [2.45, 2.75) is 26.2 Å². The van der Waals surface area contributed by atoms with Crippen molar-refractivity contribution in [3.05, 3.63) is 29.0 Å². The van der Waals surface area contributed by atoms with Gasteiger partial charge >= 0.3 is 0 Å². The molecule has 0 saturated heterocycles. The van der Waals surface area contributed by atoms with Gasteiger partial charge in [0.2, 0.25) is 0 Å². The monoisotopic (exact) mass is 225 g/mol. The fraction of sp³-hybridized carbons (Fsp3) is 0.364. The van der Waals surface area contributed by atoms with Crippen LogP contribution in [0, 0.1) is 0 Å². The molecule has 0 aromatic carbocycles. The molecule has 1 rings (SSSR count). The Morgan fingerprint density at radius 3 is 2.73 bits per heavy atom. The summed E-state index contributed by atoms with van der Waals surface area (Å²) >= 11 is 5.81. The van der Waals surface area contributed by atoms with Crippen LogP contribution in [-0.4, -0.2) is 16.6 Å². The number of hydrogen-bond donors (Lipinski definition) is 0. The van der Waals surface area contributed by atoms with Gasteiger partial charge in [-0.05, 0) is 19.4 Å². The van der Waals surface area contributed by atoms with Crippen molar-refractivity contribution in [2.24, 2.45) is 0 Å². The van der Waals surface area contributed by atoms with Crippen LogP contribution < -0.4 is 0 Å². The summed E-state index contributed by atoms with van der Waals surface area (Å²) in [4.78, 5) is 26.1. The summed E-state index contributed by atoms with van der Waals surface area (Å²) in [5, 5.41) is 0.366. The number of rotatable bonds is 5. The minimum absolute atomic E-state index is 0.0383. The average Bonchev–Trinajstić information content (AvgIpc) is 2.17. The Morgan fingerprint density at radius 1 is 1.40 bits per heavy atom. The van der Waals surface area contributed by atoms with Gasteiger partial charge in [0.1, 0.15) is 5.78 Å². The average molecular weight is 226 g/mol. The smallest absolute Gasteiger partial charge is 0.164 e. The van der Waals surface area contributed by atoms with Crippen LogP contribution in [0.1, 0.15) is 36.5 Å². The van der Waals surface area contributed by atoms with Crippen LogP contribution >= 0.6 is 11.6 Å². The van der Waals surface area contributed by atoms with E-state index in [0.29, 0.717) is 29.8 Å². The zero-order chi connectivity index (χ0) is 11.3. The second kappa shape index (κ2) is 5.61. The quantitative estimate of drug-likeness (QED) is 0.724. The van der Waals surface area contributed by atoms with Crippen LogP contribution in [-0.2, 0) is 4.79 Å². The summed E-state index contributed by atoms with van der Waals surface area (Å²) in [6, 6.07) is 1.60. The highest BCUT2D eigenvalue weighted by atomic mass is 35.5. The molecule has 0 aliphatic heterocycles. The number of halogens is 1. The third-order valence-corrected chi connectivity index (χ3v) is 2.31. The standard InChI is InChI=1S/C11H12ClNO2/c1-8(14)3-2-4-11(15)9-5-6-13-7-10(9)12/h5-7H,2-4H2,1H3. The number of carbonyl (C=O) groups excluding carboxylic acids is 2. The second-order valence-corrected chi connectivity index (χ2v) is 3.74. The Balaban J connectivity index is 2.54. The van der Waals surface area contributed by atoms with Crippen LogP contribution in [0.15, 0.2) is 18.5 Å². The summed E-state index contributed by atoms with van der Waals surface area (Å²) in [6.45, 7) is 1.52. The van der Waals surface area contributed by atoms with Gasteiger partial charge in [-0.3, -0.25) is 9.78 Å². The van der Waals surface area contributed by atoms with Crippen LogP contribution in [0.5, 0.6) is 0 Å². The van der Waals surface area contributed by atoms with Gasteiger partial charge in [0.15, 0.2) is 5.78 Å². The number of carbonyl (C=O) groups is 2. The lowest BCUT2D eigenvalue weighted by Gasteiger charge is -2.01. The molecule has 0 unspecified atom stereocenters. The van der Waals surface area contributed by atoms with Crippen molar-refractivity contribution in [1.29, 1.82) is 0 Å². The predicted octanol–water partition coefficient (Wildman–Crippen LogP) is 2.68. The van der Waals surface area contributed by atoms with Gasteiger partial charge in [0.05, 0.1) is 5.02 Å². The van der Waals surface area contributed by atoms with Crippen molar-refractivity contribution in [3.63, 3.8) is 0 Å². The van der Waals surface area contributed by atoms with Gasteiger partial charge in [-0.15, -0.1) is 0 Å². The first-order chi connectivity index (χ1) is 7.11. The normalized spacial score (nSPS) is 10.0. The van der Waals surface area contributed by atoms with Crippen molar-refractivity contribution in [2.75, 3.05) is 0 Å². The molecule has 0 saturated carbocycles. The van der Waals surface area contributed by atoms with Gasteiger partial charge in [0.25, 0.3) is 0 Å². The summed E-state index contributed by atoms with van der Waals surface area (Å²) in [5.74, 6) is 0.0623. The largest absolute Gasteiger partial charge is 0.300 e. The fourth-order valence-electron chi connectivity index (χ4n) is 1.23.